The zero-order chi connectivity index (χ0) is 12.8. The van der Waals surface area contributed by atoms with Crippen LogP contribution in [0.25, 0.3) is 0 Å². The van der Waals surface area contributed by atoms with Crippen molar-refractivity contribution in [1.29, 1.82) is 0 Å². The first-order valence-corrected chi connectivity index (χ1v) is 5.95. The third-order valence-electron chi connectivity index (χ3n) is 2.64. The van der Waals surface area contributed by atoms with Crippen LogP contribution in [0.2, 0.25) is 5.02 Å². The standard InChI is InChI=1S/C12H19ClFN3/c1-17(2)6-5-11(16-15)7-9-3-4-10(13)8-12(9)14/h3-4,8,11,16H,5-7,15H2,1-2H3. The molecule has 1 aromatic carbocycles. The lowest BCUT2D eigenvalue weighted by atomic mass is 10.0. The molecule has 96 valence electrons. The third kappa shape index (κ3) is 5.00. The van der Waals surface area contributed by atoms with E-state index in [1.54, 1.807) is 12.1 Å². The van der Waals surface area contributed by atoms with E-state index in [4.69, 9.17) is 17.4 Å². The van der Waals surface area contributed by atoms with Gasteiger partial charge in [-0.3, -0.25) is 11.3 Å². The Morgan fingerprint density at radius 1 is 1.47 bits per heavy atom. The minimum absolute atomic E-state index is 0.0630. The van der Waals surface area contributed by atoms with Crippen LogP contribution >= 0.6 is 11.6 Å². The van der Waals surface area contributed by atoms with Crippen molar-refractivity contribution >= 4 is 11.6 Å². The van der Waals surface area contributed by atoms with Crippen molar-refractivity contribution in [2.45, 2.75) is 18.9 Å². The minimum Gasteiger partial charge on any atom is -0.309 e. The van der Waals surface area contributed by atoms with Crippen molar-refractivity contribution in [2.75, 3.05) is 20.6 Å². The number of halogens is 2. The first-order chi connectivity index (χ1) is 8.02. The molecule has 1 rings (SSSR count). The van der Waals surface area contributed by atoms with E-state index in [2.05, 4.69) is 10.3 Å². The average molecular weight is 260 g/mol. The maximum Gasteiger partial charge on any atom is 0.127 e. The molecule has 5 heteroatoms. The fraction of sp³-hybridized carbons (Fsp3) is 0.500. The number of rotatable bonds is 6. The molecular weight excluding hydrogens is 241 g/mol. The van der Waals surface area contributed by atoms with Crippen molar-refractivity contribution < 1.29 is 4.39 Å². The highest BCUT2D eigenvalue weighted by Crippen LogP contribution is 2.16. The summed E-state index contributed by atoms with van der Waals surface area (Å²) in [5.74, 6) is 5.19. The molecule has 3 nitrogen and oxygen atoms in total. The van der Waals surface area contributed by atoms with Gasteiger partial charge in [0.25, 0.3) is 0 Å². The summed E-state index contributed by atoms with van der Waals surface area (Å²) in [6.45, 7) is 0.907. The van der Waals surface area contributed by atoms with E-state index in [1.807, 2.05) is 14.1 Å². The SMILES string of the molecule is CN(C)CCC(Cc1ccc(Cl)cc1F)NN. The lowest BCUT2D eigenvalue weighted by Gasteiger charge is -2.18. The molecule has 0 aliphatic rings. The van der Waals surface area contributed by atoms with Gasteiger partial charge in [-0.1, -0.05) is 17.7 Å². The minimum atomic E-state index is -0.275. The molecular formula is C12H19ClFN3. The second-order valence-electron chi connectivity index (χ2n) is 4.40. The summed E-state index contributed by atoms with van der Waals surface area (Å²) in [6.07, 6.45) is 1.43. The van der Waals surface area contributed by atoms with Gasteiger partial charge in [-0.15, -0.1) is 0 Å². The first kappa shape index (κ1) is 14.4. The van der Waals surface area contributed by atoms with Gasteiger partial charge in [-0.05, 0) is 51.2 Å². The molecule has 0 radical (unpaired) electrons. The van der Waals surface area contributed by atoms with Crippen LogP contribution < -0.4 is 11.3 Å². The van der Waals surface area contributed by atoms with E-state index < -0.39 is 0 Å². The van der Waals surface area contributed by atoms with Crippen molar-refractivity contribution in [3.05, 3.63) is 34.6 Å². The second kappa shape index (κ2) is 6.91. The van der Waals surface area contributed by atoms with E-state index >= 15 is 0 Å². The van der Waals surface area contributed by atoms with Crippen molar-refractivity contribution in [3.63, 3.8) is 0 Å². The Morgan fingerprint density at radius 3 is 2.71 bits per heavy atom. The molecule has 1 aromatic rings. The van der Waals surface area contributed by atoms with Crippen molar-refractivity contribution in [2.24, 2.45) is 5.84 Å². The number of nitrogens with one attached hydrogen (secondary N) is 1. The van der Waals surface area contributed by atoms with E-state index in [1.165, 1.54) is 6.07 Å². The first-order valence-electron chi connectivity index (χ1n) is 5.57. The summed E-state index contributed by atoms with van der Waals surface area (Å²) >= 11 is 5.70. The summed E-state index contributed by atoms with van der Waals surface area (Å²) < 4.78 is 13.6. The molecule has 0 fully saturated rings. The highest BCUT2D eigenvalue weighted by molar-refractivity contribution is 6.30. The summed E-state index contributed by atoms with van der Waals surface area (Å²) in [5, 5.41) is 0.414. The monoisotopic (exact) mass is 259 g/mol. The molecule has 0 amide bonds. The largest absolute Gasteiger partial charge is 0.309 e. The van der Waals surface area contributed by atoms with Gasteiger partial charge in [0.15, 0.2) is 0 Å². The average Bonchev–Trinajstić information content (AvgIpc) is 2.26. The quantitative estimate of drug-likeness (QED) is 0.605. The van der Waals surface area contributed by atoms with Gasteiger partial charge in [0.2, 0.25) is 0 Å². The summed E-state index contributed by atoms with van der Waals surface area (Å²) in [7, 11) is 3.99. The highest BCUT2D eigenvalue weighted by atomic mass is 35.5. The predicted octanol–water partition coefficient (Wildman–Crippen LogP) is 1.81. The molecule has 0 heterocycles. The Kier molecular flexibility index (Phi) is 5.85. The smallest absolute Gasteiger partial charge is 0.127 e. The maximum absolute atomic E-state index is 13.6. The fourth-order valence-corrected chi connectivity index (χ4v) is 1.77. The van der Waals surface area contributed by atoms with Gasteiger partial charge in [0, 0.05) is 11.1 Å². The molecule has 1 atom stereocenters. The van der Waals surface area contributed by atoms with Crippen LogP contribution in [0, 0.1) is 5.82 Å². The van der Waals surface area contributed by atoms with E-state index in [0.29, 0.717) is 17.0 Å². The van der Waals surface area contributed by atoms with Gasteiger partial charge < -0.3 is 4.90 Å². The molecule has 17 heavy (non-hydrogen) atoms. The number of hydrogen-bond donors (Lipinski definition) is 2. The molecule has 0 saturated carbocycles. The van der Waals surface area contributed by atoms with E-state index in [-0.39, 0.29) is 11.9 Å². The number of nitrogens with two attached hydrogens (primary N) is 1. The van der Waals surface area contributed by atoms with E-state index in [9.17, 15) is 4.39 Å². The van der Waals surface area contributed by atoms with Crippen molar-refractivity contribution in [3.8, 4) is 0 Å². The van der Waals surface area contributed by atoms with Crippen LogP contribution in [0.1, 0.15) is 12.0 Å². The van der Waals surface area contributed by atoms with Crippen LogP contribution in [0.4, 0.5) is 4.39 Å². The molecule has 0 aliphatic carbocycles. The topological polar surface area (TPSA) is 41.3 Å². The molecule has 1 unspecified atom stereocenters. The Hall–Kier alpha value is -0.680. The molecule has 3 N–H and O–H groups in total. The number of hydrazine groups is 1. The zero-order valence-electron chi connectivity index (χ0n) is 10.2. The third-order valence-corrected chi connectivity index (χ3v) is 2.88. The van der Waals surface area contributed by atoms with Gasteiger partial charge in [-0.2, -0.15) is 0 Å². The molecule has 0 aliphatic heterocycles. The summed E-state index contributed by atoms with van der Waals surface area (Å²) in [4.78, 5) is 2.07. The van der Waals surface area contributed by atoms with Crippen LogP contribution in [0.3, 0.4) is 0 Å². The molecule has 0 aromatic heterocycles. The Balaban J connectivity index is 2.60. The van der Waals surface area contributed by atoms with Gasteiger partial charge >= 0.3 is 0 Å². The van der Waals surface area contributed by atoms with Gasteiger partial charge in [-0.25, -0.2) is 4.39 Å². The summed E-state index contributed by atoms with van der Waals surface area (Å²) in [5.41, 5.74) is 3.36. The zero-order valence-corrected chi connectivity index (χ0v) is 11.0. The van der Waals surface area contributed by atoms with Crippen LogP contribution in [-0.4, -0.2) is 31.6 Å². The number of benzene rings is 1. The van der Waals surface area contributed by atoms with Gasteiger partial charge in [0.1, 0.15) is 5.82 Å². The number of nitrogens with zero attached hydrogens (tertiary/aromatic N) is 1. The second-order valence-corrected chi connectivity index (χ2v) is 4.83. The lowest BCUT2D eigenvalue weighted by molar-refractivity contribution is 0.357. The summed E-state index contributed by atoms with van der Waals surface area (Å²) in [6, 6.07) is 4.79. The van der Waals surface area contributed by atoms with Crippen LogP contribution in [-0.2, 0) is 6.42 Å². The lowest BCUT2D eigenvalue weighted by Crippen LogP contribution is -2.39. The molecule has 0 spiro atoms. The maximum atomic E-state index is 13.6. The van der Waals surface area contributed by atoms with E-state index in [0.717, 1.165) is 13.0 Å². The number of hydrogen-bond acceptors (Lipinski definition) is 3. The molecule has 0 bridgehead atoms. The Labute approximate surface area is 107 Å². The predicted molar refractivity (Wildman–Crippen MR) is 69.4 cm³/mol. The molecule has 0 saturated heterocycles. The Bertz CT molecular complexity index is 358. The normalized spacial score (nSPS) is 13.1. The Morgan fingerprint density at radius 2 is 2.18 bits per heavy atom. The van der Waals surface area contributed by atoms with Crippen LogP contribution in [0.15, 0.2) is 18.2 Å². The highest BCUT2D eigenvalue weighted by Gasteiger charge is 2.11. The van der Waals surface area contributed by atoms with Gasteiger partial charge in [0.05, 0.1) is 0 Å². The fourth-order valence-electron chi connectivity index (χ4n) is 1.61. The van der Waals surface area contributed by atoms with Crippen LogP contribution in [0.5, 0.6) is 0 Å². The van der Waals surface area contributed by atoms with Crippen molar-refractivity contribution in [1.82, 2.24) is 10.3 Å².